The van der Waals surface area contributed by atoms with Crippen molar-refractivity contribution in [3.05, 3.63) is 11.9 Å². The van der Waals surface area contributed by atoms with Crippen LogP contribution in [0.5, 0.6) is 5.75 Å². The van der Waals surface area contributed by atoms with E-state index >= 15 is 0 Å². The van der Waals surface area contributed by atoms with Crippen molar-refractivity contribution < 1.29 is 27.0 Å². The smallest absolute Gasteiger partial charge is 0.330 e. The van der Waals surface area contributed by atoms with Crippen LogP contribution in [0.2, 0.25) is 0 Å². The summed E-state index contributed by atoms with van der Waals surface area (Å²) < 4.78 is 60.4. The number of halogens is 4. The summed E-state index contributed by atoms with van der Waals surface area (Å²) in [6.07, 6.45) is -2.33. The van der Waals surface area contributed by atoms with E-state index in [4.69, 9.17) is 10.5 Å². The van der Waals surface area contributed by atoms with Gasteiger partial charge in [0.2, 0.25) is 0 Å². The van der Waals surface area contributed by atoms with Gasteiger partial charge < -0.3 is 15.2 Å². The predicted octanol–water partition coefficient (Wildman–Crippen LogP) is 1.83. The maximum atomic E-state index is 12.7. The van der Waals surface area contributed by atoms with E-state index in [1.165, 1.54) is 18.0 Å². The molecular weight excluding hydrogens is 282 g/mol. The molecule has 9 heteroatoms. The van der Waals surface area contributed by atoms with Crippen LogP contribution >= 0.6 is 0 Å². The molecule has 0 amide bonds. The van der Waals surface area contributed by atoms with Crippen LogP contribution < -0.4 is 10.5 Å². The van der Waals surface area contributed by atoms with Crippen LogP contribution in [-0.4, -0.2) is 42.5 Å². The second-order valence-electron chi connectivity index (χ2n) is 4.10. The van der Waals surface area contributed by atoms with Crippen molar-refractivity contribution in [2.45, 2.75) is 31.9 Å². The number of aromatic nitrogens is 2. The van der Waals surface area contributed by atoms with E-state index in [-0.39, 0.29) is 6.61 Å². The zero-order chi connectivity index (χ0) is 15.3. The normalized spacial score (nSPS) is 13.8. The molecule has 20 heavy (non-hydrogen) atoms. The van der Waals surface area contributed by atoms with E-state index in [1.54, 1.807) is 0 Å². The van der Waals surface area contributed by atoms with Crippen molar-refractivity contribution in [2.75, 3.05) is 20.3 Å². The number of methoxy groups -OCH3 is 1. The minimum absolute atomic E-state index is 0.343. The molecule has 0 aliphatic carbocycles. The molecule has 1 atom stereocenters. The average Bonchev–Trinajstić information content (AvgIpc) is 2.80. The Morgan fingerprint density at radius 1 is 1.45 bits per heavy atom. The highest BCUT2D eigenvalue weighted by atomic mass is 19.3. The molecule has 0 saturated carbocycles. The minimum atomic E-state index is -4.19. The van der Waals surface area contributed by atoms with Crippen LogP contribution in [0.15, 0.2) is 6.20 Å². The van der Waals surface area contributed by atoms with Crippen molar-refractivity contribution in [1.29, 1.82) is 0 Å². The first-order valence-electron chi connectivity index (χ1n) is 5.92. The topological polar surface area (TPSA) is 62.3 Å². The Hall–Kier alpha value is -1.35. The Bertz CT molecular complexity index is 404. The lowest BCUT2D eigenvalue weighted by molar-refractivity contribution is -0.166. The van der Waals surface area contributed by atoms with Crippen molar-refractivity contribution >= 4 is 0 Å². The van der Waals surface area contributed by atoms with Gasteiger partial charge >= 0.3 is 12.3 Å². The predicted molar refractivity (Wildman–Crippen MR) is 63.2 cm³/mol. The Morgan fingerprint density at radius 3 is 2.60 bits per heavy atom. The van der Waals surface area contributed by atoms with Gasteiger partial charge in [-0.15, -0.1) is 0 Å². The third-order valence-corrected chi connectivity index (χ3v) is 2.63. The van der Waals surface area contributed by atoms with Gasteiger partial charge in [0.1, 0.15) is 6.61 Å². The molecule has 0 saturated heterocycles. The summed E-state index contributed by atoms with van der Waals surface area (Å²) in [6.45, 7) is 0.583. The fraction of sp³-hybridized carbons (Fsp3) is 0.727. The number of ether oxygens (including phenoxy) is 2. The number of aryl methyl sites for hydroxylation is 1. The van der Waals surface area contributed by atoms with Gasteiger partial charge in [0.05, 0.1) is 31.6 Å². The summed E-state index contributed by atoms with van der Waals surface area (Å²) in [6, 6.07) is -0.805. The second kappa shape index (κ2) is 6.89. The molecule has 2 N–H and O–H groups in total. The lowest BCUT2D eigenvalue weighted by atomic mass is 10.2. The first-order valence-corrected chi connectivity index (χ1v) is 5.92. The molecule has 1 heterocycles. The van der Waals surface area contributed by atoms with E-state index in [2.05, 4.69) is 9.84 Å². The summed E-state index contributed by atoms with van der Waals surface area (Å²) in [5, 5.41) is 4.00. The minimum Gasteiger partial charge on any atom is -0.493 e. The number of hydrogen-bond donors (Lipinski definition) is 1. The fourth-order valence-corrected chi connectivity index (χ4v) is 1.62. The Labute approximate surface area is 113 Å². The van der Waals surface area contributed by atoms with Crippen LogP contribution in [0.4, 0.5) is 17.6 Å². The summed E-state index contributed by atoms with van der Waals surface area (Å²) in [5.41, 5.74) is 6.27. The third-order valence-electron chi connectivity index (χ3n) is 2.63. The summed E-state index contributed by atoms with van der Waals surface area (Å²) in [7, 11) is 1.42. The molecule has 0 spiro atoms. The average molecular weight is 299 g/mol. The van der Waals surface area contributed by atoms with Crippen molar-refractivity contribution in [1.82, 2.24) is 9.78 Å². The van der Waals surface area contributed by atoms with Crippen molar-refractivity contribution in [2.24, 2.45) is 5.73 Å². The SMILES string of the molecule is CCn1ncc(OC)c1C(N)COCC(F)(F)C(F)F. The van der Waals surface area contributed by atoms with E-state index in [0.717, 1.165) is 0 Å². The molecule has 0 aliphatic rings. The lowest BCUT2D eigenvalue weighted by Gasteiger charge is -2.18. The first-order chi connectivity index (χ1) is 9.33. The van der Waals surface area contributed by atoms with Crippen LogP contribution in [0, 0.1) is 0 Å². The number of alkyl halides is 4. The van der Waals surface area contributed by atoms with Gasteiger partial charge in [0, 0.05) is 6.54 Å². The third kappa shape index (κ3) is 3.83. The molecule has 0 aromatic carbocycles. The molecule has 0 radical (unpaired) electrons. The highest BCUT2D eigenvalue weighted by Crippen LogP contribution is 2.26. The first kappa shape index (κ1) is 16.7. The summed E-state index contributed by atoms with van der Waals surface area (Å²) in [4.78, 5) is 0. The Balaban J connectivity index is 2.63. The van der Waals surface area contributed by atoms with Crippen LogP contribution in [0.3, 0.4) is 0 Å². The van der Waals surface area contributed by atoms with Crippen molar-refractivity contribution in [3.8, 4) is 5.75 Å². The number of nitrogens with zero attached hydrogens (tertiary/aromatic N) is 2. The molecule has 0 fully saturated rings. The van der Waals surface area contributed by atoms with Crippen LogP contribution in [0.1, 0.15) is 18.7 Å². The van der Waals surface area contributed by atoms with Gasteiger partial charge in [0.15, 0.2) is 5.75 Å². The standard InChI is InChI=1S/C11H17F4N3O2/c1-3-18-9(8(19-2)4-17-18)7(16)5-20-6-11(14,15)10(12)13/h4,7,10H,3,5-6,16H2,1-2H3. The molecular formula is C11H17F4N3O2. The summed E-state index contributed by atoms with van der Waals surface area (Å²) in [5.74, 6) is -3.79. The molecule has 1 aromatic heterocycles. The largest absolute Gasteiger partial charge is 0.493 e. The van der Waals surface area contributed by atoms with E-state index < -0.39 is 25.0 Å². The molecule has 0 aliphatic heterocycles. The van der Waals surface area contributed by atoms with E-state index in [1.807, 2.05) is 6.92 Å². The van der Waals surface area contributed by atoms with Gasteiger partial charge in [0.25, 0.3) is 0 Å². The molecule has 116 valence electrons. The monoisotopic (exact) mass is 299 g/mol. The highest BCUT2D eigenvalue weighted by molar-refractivity contribution is 5.28. The van der Waals surface area contributed by atoms with Crippen molar-refractivity contribution in [3.63, 3.8) is 0 Å². The Kier molecular flexibility index (Phi) is 5.75. The van der Waals surface area contributed by atoms with E-state index in [0.29, 0.717) is 18.0 Å². The quantitative estimate of drug-likeness (QED) is 0.744. The van der Waals surface area contributed by atoms with Gasteiger partial charge in [-0.3, -0.25) is 4.68 Å². The zero-order valence-corrected chi connectivity index (χ0v) is 11.2. The van der Waals surface area contributed by atoms with Crippen LogP contribution in [-0.2, 0) is 11.3 Å². The fourth-order valence-electron chi connectivity index (χ4n) is 1.62. The maximum absolute atomic E-state index is 12.7. The molecule has 1 aromatic rings. The molecule has 0 bridgehead atoms. The van der Waals surface area contributed by atoms with Crippen LogP contribution in [0.25, 0.3) is 0 Å². The highest BCUT2D eigenvalue weighted by Gasteiger charge is 2.41. The zero-order valence-electron chi connectivity index (χ0n) is 11.2. The maximum Gasteiger partial charge on any atom is 0.330 e. The van der Waals surface area contributed by atoms with Gasteiger partial charge in [-0.25, -0.2) is 8.78 Å². The second-order valence-corrected chi connectivity index (χ2v) is 4.10. The van der Waals surface area contributed by atoms with E-state index in [9.17, 15) is 17.6 Å². The molecule has 1 unspecified atom stereocenters. The number of hydrogen-bond acceptors (Lipinski definition) is 4. The summed E-state index contributed by atoms with van der Waals surface area (Å²) >= 11 is 0. The molecule has 5 nitrogen and oxygen atoms in total. The van der Waals surface area contributed by atoms with Gasteiger partial charge in [-0.2, -0.15) is 13.9 Å². The lowest BCUT2D eigenvalue weighted by Crippen LogP contribution is -2.34. The number of nitrogens with two attached hydrogens (primary N) is 1. The molecule has 1 rings (SSSR count). The Morgan fingerprint density at radius 2 is 2.10 bits per heavy atom. The van der Waals surface area contributed by atoms with Gasteiger partial charge in [-0.1, -0.05) is 0 Å². The van der Waals surface area contributed by atoms with Gasteiger partial charge in [-0.05, 0) is 6.92 Å². The number of rotatable bonds is 8.